The highest BCUT2D eigenvalue weighted by Gasteiger charge is 2.23. The third-order valence-electron chi connectivity index (χ3n) is 3.02. The first-order valence-corrected chi connectivity index (χ1v) is 7.53. The number of aliphatic hydroxyl groups excluding tert-OH is 1. The molecule has 0 bridgehead atoms. The number of aliphatic hydroxyl groups is 1. The Kier molecular flexibility index (Phi) is 11.2. The van der Waals surface area contributed by atoms with Gasteiger partial charge in [0.2, 0.25) is 5.91 Å². The van der Waals surface area contributed by atoms with E-state index in [0.29, 0.717) is 0 Å². The molecule has 0 rings (SSSR count). The summed E-state index contributed by atoms with van der Waals surface area (Å²) in [5.41, 5.74) is 0. The molecule has 120 valence electrons. The number of unbranched alkanes of at least 4 members (excludes halogenated alkanes) is 5. The second-order valence-electron chi connectivity index (χ2n) is 5.06. The first-order chi connectivity index (χ1) is 9.99. The molecule has 0 aliphatic carbocycles. The predicted octanol–water partition coefficient (Wildman–Crippen LogP) is 2.41. The molecule has 0 aromatic carbocycles. The van der Waals surface area contributed by atoms with Gasteiger partial charge in [-0.3, -0.25) is 4.79 Å². The van der Waals surface area contributed by atoms with Gasteiger partial charge in [0.05, 0.1) is 6.10 Å². The molecule has 1 amide bonds. The van der Waals surface area contributed by atoms with Crippen molar-refractivity contribution in [1.82, 2.24) is 5.32 Å². The summed E-state index contributed by atoms with van der Waals surface area (Å²) in [4.78, 5) is 22.3. The van der Waals surface area contributed by atoms with Crippen LogP contribution < -0.4 is 5.32 Å². The third kappa shape index (κ3) is 10.8. The maximum atomic E-state index is 11.5. The Balaban J connectivity index is 3.91. The zero-order valence-electron chi connectivity index (χ0n) is 12.9. The first-order valence-electron chi connectivity index (χ1n) is 7.53. The van der Waals surface area contributed by atoms with Gasteiger partial charge in [-0.25, -0.2) is 4.79 Å². The van der Waals surface area contributed by atoms with Gasteiger partial charge in [0.15, 0.2) is 6.04 Å². The molecule has 0 aliphatic heterocycles. The molecular weight excluding hydrogens is 270 g/mol. The van der Waals surface area contributed by atoms with Crippen LogP contribution in [0.25, 0.3) is 0 Å². The Morgan fingerprint density at radius 3 is 2.38 bits per heavy atom. The van der Waals surface area contributed by atoms with Gasteiger partial charge in [0.1, 0.15) is 0 Å². The Morgan fingerprint density at radius 1 is 1.14 bits per heavy atom. The zero-order valence-corrected chi connectivity index (χ0v) is 12.9. The van der Waals surface area contributed by atoms with Crippen LogP contribution in [0.2, 0.25) is 0 Å². The number of hydrogen-bond donors (Lipinski definition) is 3. The lowest BCUT2D eigenvalue weighted by Gasteiger charge is -2.15. The molecule has 0 saturated carbocycles. The van der Waals surface area contributed by atoms with E-state index in [9.17, 15) is 14.7 Å². The molecule has 0 unspecified atom stereocenters. The average Bonchev–Trinajstić information content (AvgIpc) is 2.42. The number of aliphatic carboxylic acids is 1. The van der Waals surface area contributed by atoms with E-state index in [-0.39, 0.29) is 0 Å². The summed E-state index contributed by atoms with van der Waals surface area (Å²) < 4.78 is 0. The molecule has 0 saturated heterocycles. The molecule has 0 spiro atoms. The van der Waals surface area contributed by atoms with Crippen LogP contribution in [0, 0.1) is 0 Å². The minimum atomic E-state index is -1.29. The summed E-state index contributed by atoms with van der Waals surface area (Å²) in [6.07, 6.45) is 12.6. The van der Waals surface area contributed by atoms with Gasteiger partial charge in [-0.1, -0.05) is 50.8 Å². The van der Waals surface area contributed by atoms with Gasteiger partial charge in [-0.15, -0.1) is 0 Å². The van der Waals surface area contributed by atoms with Crippen molar-refractivity contribution >= 4 is 11.9 Å². The van der Waals surface area contributed by atoms with E-state index in [4.69, 9.17) is 5.11 Å². The molecule has 3 N–H and O–H groups in total. The smallest absolute Gasteiger partial charge is 0.328 e. The van der Waals surface area contributed by atoms with E-state index in [1.165, 1.54) is 38.7 Å². The molecular formula is C16H27NO4. The third-order valence-corrected chi connectivity index (χ3v) is 3.02. The van der Waals surface area contributed by atoms with Crippen LogP contribution in [-0.2, 0) is 9.59 Å². The summed E-state index contributed by atoms with van der Waals surface area (Å²) in [6, 6.07) is -1.29. The number of carboxylic acid groups (broad SMARTS) is 1. The van der Waals surface area contributed by atoms with E-state index in [2.05, 4.69) is 12.2 Å². The van der Waals surface area contributed by atoms with Gasteiger partial charge in [0, 0.05) is 6.08 Å². The van der Waals surface area contributed by atoms with Crippen molar-refractivity contribution < 1.29 is 19.8 Å². The zero-order chi connectivity index (χ0) is 16.1. The minimum Gasteiger partial charge on any atom is -0.480 e. The van der Waals surface area contributed by atoms with Gasteiger partial charge >= 0.3 is 5.97 Å². The molecule has 0 radical (unpaired) electrons. The van der Waals surface area contributed by atoms with Crippen LogP contribution in [0.15, 0.2) is 24.3 Å². The second-order valence-corrected chi connectivity index (χ2v) is 5.06. The maximum Gasteiger partial charge on any atom is 0.328 e. The lowest BCUT2D eigenvalue weighted by molar-refractivity contribution is -0.144. The lowest BCUT2D eigenvalue weighted by atomic mass is 10.1. The average molecular weight is 297 g/mol. The van der Waals surface area contributed by atoms with Crippen LogP contribution in [-0.4, -0.2) is 34.2 Å². The normalized spacial score (nSPS) is 14.4. The van der Waals surface area contributed by atoms with Gasteiger partial charge in [0.25, 0.3) is 0 Å². The van der Waals surface area contributed by atoms with Crippen LogP contribution in [0.1, 0.15) is 52.4 Å². The number of allylic oxidation sites excluding steroid dienone is 3. The maximum absolute atomic E-state index is 11.5. The number of hydrogen-bond acceptors (Lipinski definition) is 3. The van der Waals surface area contributed by atoms with Crippen LogP contribution in [0.3, 0.4) is 0 Å². The monoisotopic (exact) mass is 297 g/mol. The van der Waals surface area contributed by atoms with Crippen molar-refractivity contribution in [3.8, 4) is 0 Å². The summed E-state index contributed by atoms with van der Waals surface area (Å²) in [5.74, 6) is -1.79. The lowest BCUT2D eigenvalue weighted by Crippen LogP contribution is -2.47. The van der Waals surface area contributed by atoms with Crippen LogP contribution in [0.4, 0.5) is 0 Å². The first kappa shape index (κ1) is 19.4. The SMILES string of the molecule is CCCCCCC/C=C/C=C/C(=O)N[C@H](C(=O)O)[C@@H](C)O. The number of rotatable bonds is 11. The van der Waals surface area contributed by atoms with E-state index >= 15 is 0 Å². The number of carboxylic acids is 1. The molecule has 5 heteroatoms. The number of amides is 1. The van der Waals surface area contributed by atoms with E-state index in [1.807, 2.05) is 6.08 Å². The summed E-state index contributed by atoms with van der Waals surface area (Å²) in [6.45, 7) is 3.50. The standard InChI is InChI=1S/C16H27NO4/c1-3-4-5-6-7-8-9-10-11-12-14(19)17-15(13(2)18)16(20)21/h9-13,15,18H,3-8H2,1-2H3,(H,17,19)(H,20,21)/b10-9+,12-11+/t13-,15+/m1/s1. The molecule has 21 heavy (non-hydrogen) atoms. The molecule has 0 heterocycles. The van der Waals surface area contributed by atoms with Gasteiger partial charge in [-0.05, 0) is 19.8 Å². The molecule has 5 nitrogen and oxygen atoms in total. The fraction of sp³-hybridized carbons (Fsp3) is 0.625. The largest absolute Gasteiger partial charge is 0.480 e. The highest BCUT2D eigenvalue weighted by molar-refractivity contribution is 5.91. The van der Waals surface area contributed by atoms with Crippen molar-refractivity contribution in [3.63, 3.8) is 0 Å². The number of carbonyl (C=O) groups is 2. The van der Waals surface area contributed by atoms with Crippen molar-refractivity contribution in [3.05, 3.63) is 24.3 Å². The summed E-state index contributed by atoms with van der Waals surface area (Å²) in [5, 5.41) is 20.3. The van der Waals surface area contributed by atoms with E-state index in [1.54, 1.807) is 12.2 Å². The van der Waals surface area contributed by atoms with E-state index in [0.717, 1.165) is 12.8 Å². The van der Waals surface area contributed by atoms with Crippen LogP contribution in [0.5, 0.6) is 0 Å². The van der Waals surface area contributed by atoms with Crippen molar-refractivity contribution in [2.75, 3.05) is 0 Å². The molecule has 2 atom stereocenters. The topological polar surface area (TPSA) is 86.6 Å². The number of carbonyl (C=O) groups excluding carboxylic acids is 1. The van der Waals surface area contributed by atoms with Crippen molar-refractivity contribution in [1.29, 1.82) is 0 Å². The van der Waals surface area contributed by atoms with Crippen molar-refractivity contribution in [2.45, 2.75) is 64.5 Å². The number of nitrogens with one attached hydrogen (secondary N) is 1. The minimum absolute atomic E-state index is 0.532. The Hall–Kier alpha value is -1.62. The van der Waals surface area contributed by atoms with Crippen molar-refractivity contribution in [2.24, 2.45) is 0 Å². The predicted molar refractivity (Wildman–Crippen MR) is 82.9 cm³/mol. The van der Waals surface area contributed by atoms with Gasteiger partial charge in [-0.2, -0.15) is 0 Å². The fourth-order valence-electron chi connectivity index (χ4n) is 1.77. The Morgan fingerprint density at radius 2 is 1.81 bits per heavy atom. The molecule has 0 aromatic rings. The summed E-state index contributed by atoms with van der Waals surface area (Å²) in [7, 11) is 0. The summed E-state index contributed by atoms with van der Waals surface area (Å²) >= 11 is 0. The van der Waals surface area contributed by atoms with Gasteiger partial charge < -0.3 is 15.5 Å². The quantitative estimate of drug-likeness (QED) is 0.310. The Labute approximate surface area is 126 Å². The Bertz CT molecular complexity index is 361. The highest BCUT2D eigenvalue weighted by atomic mass is 16.4. The van der Waals surface area contributed by atoms with E-state index < -0.39 is 24.0 Å². The van der Waals surface area contributed by atoms with Crippen LogP contribution >= 0.6 is 0 Å². The molecule has 0 aromatic heterocycles. The fourth-order valence-corrected chi connectivity index (χ4v) is 1.77. The highest BCUT2D eigenvalue weighted by Crippen LogP contribution is 2.05. The molecule has 0 aliphatic rings. The second kappa shape index (κ2) is 12.1. The molecule has 0 fully saturated rings.